The van der Waals surface area contributed by atoms with Crippen molar-refractivity contribution in [2.75, 3.05) is 55.6 Å². The molecule has 3 N–H and O–H groups in total. The number of hydrogen-bond donors (Lipinski definition) is 3. The Morgan fingerprint density at radius 1 is 0.600 bits per heavy atom. The van der Waals surface area contributed by atoms with Crippen molar-refractivity contribution in [3.8, 4) is 17.1 Å². The summed E-state index contributed by atoms with van der Waals surface area (Å²) in [5, 5.41) is 19.9. The van der Waals surface area contributed by atoms with Crippen LogP contribution in [0.25, 0.3) is 17.1 Å². The summed E-state index contributed by atoms with van der Waals surface area (Å²) < 4.78 is 45.9. The number of benzene rings is 4. The van der Waals surface area contributed by atoms with Crippen molar-refractivity contribution in [1.82, 2.24) is 50.0 Å². The molecule has 5 atom stereocenters. The maximum atomic E-state index is 14.4. The molecule has 2 saturated carbocycles. The van der Waals surface area contributed by atoms with Crippen molar-refractivity contribution in [3.05, 3.63) is 182 Å². The summed E-state index contributed by atoms with van der Waals surface area (Å²) in [5.41, 5.74) is 6.03. The quantitative estimate of drug-likeness (QED) is 0.0836. The van der Waals surface area contributed by atoms with E-state index >= 15 is 0 Å². The molecule has 3 aromatic heterocycles. The van der Waals surface area contributed by atoms with Gasteiger partial charge >= 0.3 is 0 Å². The van der Waals surface area contributed by atoms with E-state index in [-0.39, 0.29) is 34.6 Å². The minimum Gasteiger partial charge on any atom is -0.352 e. The van der Waals surface area contributed by atoms with Crippen LogP contribution in [0.3, 0.4) is 0 Å². The Kier molecular flexibility index (Phi) is 12.9. The summed E-state index contributed by atoms with van der Waals surface area (Å²) in [4.78, 5) is 42.1. The predicted molar refractivity (Wildman–Crippen MR) is 262 cm³/mol. The topological polar surface area (TPSA) is 143 Å². The van der Waals surface area contributed by atoms with Crippen LogP contribution < -0.4 is 36.9 Å². The lowest BCUT2D eigenvalue weighted by Gasteiger charge is -2.35. The van der Waals surface area contributed by atoms with E-state index in [9.17, 15) is 22.8 Å². The van der Waals surface area contributed by atoms with Gasteiger partial charge in [-0.3, -0.25) is 18.7 Å². The van der Waals surface area contributed by atoms with Gasteiger partial charge in [0.05, 0.1) is 29.3 Å². The molecule has 4 aliphatic rings. The molecule has 17 heteroatoms. The minimum absolute atomic E-state index is 0.162. The second kappa shape index (κ2) is 19.8. The van der Waals surface area contributed by atoms with Crippen LogP contribution in [0.15, 0.2) is 125 Å². The first-order chi connectivity index (χ1) is 34.2. The number of rotatable bonds is 18. The summed E-state index contributed by atoms with van der Waals surface area (Å²) >= 11 is 0. The Balaban J connectivity index is 0.781. The third-order valence-electron chi connectivity index (χ3n) is 14.1. The maximum Gasteiger partial charge on any atom is 0.298 e. The highest BCUT2D eigenvalue weighted by atomic mass is 19.1. The summed E-state index contributed by atoms with van der Waals surface area (Å²) in [7, 11) is 0. The molecule has 0 radical (unpaired) electrons. The first kappa shape index (κ1) is 45.5. The average molecular weight is 949 g/mol. The third-order valence-corrected chi connectivity index (χ3v) is 14.1. The molecule has 70 heavy (non-hydrogen) atoms. The van der Waals surface area contributed by atoms with Gasteiger partial charge in [0.2, 0.25) is 0 Å². The molecule has 4 fully saturated rings. The number of nitrogens with one attached hydrogen (secondary N) is 3. The molecule has 360 valence electrons. The fourth-order valence-corrected chi connectivity index (χ4v) is 9.86. The standard InChI is InChI=1S/C53H55F3N12O2/c54-36-10-6-34(7-11-36)44-28-46(44)58-22-1-4-39-31-66(52(69)50(60-39)64-25-3-26-64)42-18-20-43(21-19-42)68-33-48(62-63-68)49-30-57-24-27-65(49)51-53(70)67(41-16-14-38(56)15-17-41)32-40(61-51)5-2-23-59-47-29-45(47)35-8-12-37(55)13-9-35/h6-21,31-33,44-47,49,57-59H,1-5,22-30H2/t44-,45-,46+,47+,49?/m0/s1. The Hall–Kier alpha value is -6.95. The second-order valence-corrected chi connectivity index (χ2v) is 18.9. The van der Waals surface area contributed by atoms with E-state index in [0.717, 1.165) is 86.5 Å². The summed E-state index contributed by atoms with van der Waals surface area (Å²) in [5.74, 6) is 0.681. The summed E-state index contributed by atoms with van der Waals surface area (Å²) in [6, 6.07) is 27.3. The van der Waals surface area contributed by atoms with Crippen molar-refractivity contribution < 1.29 is 13.2 Å². The lowest BCUT2D eigenvalue weighted by atomic mass is 10.1. The Morgan fingerprint density at radius 2 is 1.10 bits per heavy atom. The number of halogens is 3. The third kappa shape index (κ3) is 9.91. The molecule has 0 amide bonds. The second-order valence-electron chi connectivity index (χ2n) is 18.9. The molecule has 4 aromatic carbocycles. The van der Waals surface area contributed by atoms with Gasteiger partial charge in [-0.2, -0.15) is 0 Å². The van der Waals surface area contributed by atoms with Crippen LogP contribution in [0.1, 0.15) is 78.2 Å². The highest BCUT2D eigenvalue weighted by molar-refractivity contribution is 5.48. The first-order valence-electron chi connectivity index (χ1n) is 24.5. The lowest BCUT2D eigenvalue weighted by molar-refractivity contribution is 0.475. The minimum atomic E-state index is -0.392. The molecule has 1 unspecified atom stereocenters. The molecule has 0 spiro atoms. The molecule has 11 rings (SSSR count). The Morgan fingerprint density at radius 3 is 1.64 bits per heavy atom. The smallest absolute Gasteiger partial charge is 0.298 e. The van der Waals surface area contributed by atoms with Crippen molar-refractivity contribution in [2.24, 2.45) is 0 Å². The monoisotopic (exact) mass is 948 g/mol. The van der Waals surface area contributed by atoms with Gasteiger partial charge in [-0.1, -0.05) is 29.5 Å². The van der Waals surface area contributed by atoms with E-state index in [1.54, 1.807) is 32.1 Å². The van der Waals surface area contributed by atoms with Crippen LogP contribution in [0, 0.1) is 17.5 Å². The van der Waals surface area contributed by atoms with Crippen LogP contribution in [-0.2, 0) is 12.8 Å². The van der Waals surface area contributed by atoms with Crippen LogP contribution >= 0.6 is 0 Å². The zero-order chi connectivity index (χ0) is 47.7. The van der Waals surface area contributed by atoms with Crippen molar-refractivity contribution in [2.45, 2.75) is 74.9 Å². The molecule has 2 aliphatic carbocycles. The highest BCUT2D eigenvalue weighted by Gasteiger charge is 2.38. The molecular formula is C53H55F3N12O2. The van der Waals surface area contributed by atoms with Gasteiger partial charge in [0.15, 0.2) is 11.6 Å². The van der Waals surface area contributed by atoms with E-state index in [1.165, 1.54) is 36.4 Å². The molecule has 14 nitrogen and oxygen atoms in total. The molecule has 7 aromatic rings. The maximum absolute atomic E-state index is 14.4. The molecule has 5 heterocycles. The average Bonchev–Trinajstić information content (AvgIpc) is 4.27. The van der Waals surface area contributed by atoms with Gasteiger partial charge in [0, 0.05) is 80.4 Å². The SMILES string of the molecule is O=c1c(N2CCC2)nc(CCCN[C@@H]2C[C@H]2c2ccc(F)cc2)cn1-c1ccc(-n2cc(C3CNCCN3c3nc(CCCN[C@@H]4C[C@H]4c4ccc(F)cc4)cn(-c4ccc(F)cc4)c3=O)nn2)cc1. The summed E-state index contributed by atoms with van der Waals surface area (Å²) in [6.07, 6.45) is 11.5. The van der Waals surface area contributed by atoms with Crippen LogP contribution in [0.5, 0.6) is 0 Å². The zero-order valence-corrected chi connectivity index (χ0v) is 38.7. The lowest BCUT2D eigenvalue weighted by Crippen LogP contribution is -2.49. The fourth-order valence-electron chi connectivity index (χ4n) is 9.86. The number of hydrogen-bond acceptors (Lipinski definition) is 11. The van der Waals surface area contributed by atoms with Gasteiger partial charge in [-0.15, -0.1) is 5.10 Å². The van der Waals surface area contributed by atoms with Gasteiger partial charge in [-0.25, -0.2) is 27.8 Å². The van der Waals surface area contributed by atoms with E-state index in [1.807, 2.05) is 70.7 Å². The number of piperazine rings is 1. The Labute approximate surface area is 403 Å². The van der Waals surface area contributed by atoms with Gasteiger partial charge in [0.25, 0.3) is 11.1 Å². The predicted octanol–water partition coefficient (Wildman–Crippen LogP) is 6.29. The van der Waals surface area contributed by atoms with Gasteiger partial charge in [0.1, 0.15) is 23.1 Å². The van der Waals surface area contributed by atoms with E-state index in [2.05, 4.69) is 26.3 Å². The number of aryl methyl sites for hydroxylation is 2. The molecule has 2 aliphatic heterocycles. The zero-order valence-electron chi connectivity index (χ0n) is 38.7. The van der Waals surface area contributed by atoms with Gasteiger partial charge in [-0.05, 0) is 142 Å². The molecular weight excluding hydrogens is 894 g/mol. The van der Waals surface area contributed by atoms with Gasteiger partial charge < -0.3 is 25.8 Å². The molecule has 2 saturated heterocycles. The number of anilines is 2. The van der Waals surface area contributed by atoms with E-state index in [4.69, 9.17) is 9.97 Å². The van der Waals surface area contributed by atoms with Crippen molar-refractivity contribution >= 4 is 11.6 Å². The first-order valence-corrected chi connectivity index (χ1v) is 24.5. The highest BCUT2D eigenvalue weighted by Crippen LogP contribution is 2.41. The van der Waals surface area contributed by atoms with Crippen molar-refractivity contribution in [1.29, 1.82) is 0 Å². The van der Waals surface area contributed by atoms with E-state index < -0.39 is 5.82 Å². The largest absolute Gasteiger partial charge is 0.352 e. The Bertz CT molecular complexity index is 3070. The van der Waals surface area contributed by atoms with Crippen molar-refractivity contribution in [3.63, 3.8) is 0 Å². The summed E-state index contributed by atoms with van der Waals surface area (Å²) in [6.45, 7) is 4.77. The van der Waals surface area contributed by atoms with Crippen LogP contribution in [-0.4, -0.2) is 92.0 Å². The molecule has 0 bridgehead atoms. The number of aromatic nitrogens is 7. The fraction of sp³-hybridized carbons (Fsp3) is 0.358. The van der Waals surface area contributed by atoms with Crippen LogP contribution in [0.2, 0.25) is 0 Å². The number of nitrogens with zero attached hydrogens (tertiary/aromatic N) is 9. The van der Waals surface area contributed by atoms with E-state index in [0.29, 0.717) is 79.3 Å². The van der Waals surface area contributed by atoms with Crippen LogP contribution in [0.4, 0.5) is 24.8 Å². The normalized spacial score (nSPS) is 20.6.